The number of nitro benzene ring substituents is 1. The van der Waals surface area contributed by atoms with Crippen LogP contribution >= 0.6 is 11.6 Å². The Labute approximate surface area is 196 Å². The van der Waals surface area contributed by atoms with Crippen LogP contribution in [0.15, 0.2) is 72.3 Å². The predicted molar refractivity (Wildman–Crippen MR) is 127 cm³/mol. The van der Waals surface area contributed by atoms with E-state index in [1.165, 1.54) is 18.2 Å². The zero-order valence-electron chi connectivity index (χ0n) is 17.7. The second-order valence-corrected chi connectivity index (χ2v) is 7.47. The first-order chi connectivity index (χ1) is 15.9. The summed E-state index contributed by atoms with van der Waals surface area (Å²) in [5, 5.41) is 23.8. The molecule has 0 atom stereocenters. The lowest BCUT2D eigenvalue weighted by Gasteiger charge is -2.11. The molecule has 166 valence electrons. The Morgan fingerprint density at radius 1 is 1.18 bits per heavy atom. The lowest BCUT2D eigenvalue weighted by molar-refractivity contribution is -0.384. The van der Waals surface area contributed by atoms with Crippen molar-refractivity contribution >= 4 is 35.0 Å². The summed E-state index contributed by atoms with van der Waals surface area (Å²) >= 11 is 6.12. The smallest absolute Gasteiger partial charge is 0.269 e. The third-order valence-corrected chi connectivity index (χ3v) is 5.03. The molecule has 0 saturated carbocycles. The number of nitro groups is 1. The molecule has 33 heavy (non-hydrogen) atoms. The highest BCUT2D eigenvalue weighted by atomic mass is 35.5. The number of nitrogens with one attached hydrogen (secondary N) is 1. The van der Waals surface area contributed by atoms with Crippen LogP contribution in [0.2, 0.25) is 5.02 Å². The molecular weight excluding hydrogens is 442 g/mol. The van der Waals surface area contributed by atoms with E-state index >= 15 is 0 Å². The van der Waals surface area contributed by atoms with Gasteiger partial charge in [0.05, 0.1) is 4.92 Å². The summed E-state index contributed by atoms with van der Waals surface area (Å²) in [7, 11) is 0. The maximum absolute atomic E-state index is 12.8. The number of hydrogen-bond donors (Lipinski definition) is 1. The van der Waals surface area contributed by atoms with Gasteiger partial charge in [0.2, 0.25) is 0 Å². The molecule has 0 aliphatic carbocycles. The molecule has 0 aliphatic heterocycles. The average molecular weight is 462 g/mol. The molecule has 3 aromatic carbocycles. The van der Waals surface area contributed by atoms with Crippen molar-refractivity contribution in [2.45, 2.75) is 20.0 Å². The maximum Gasteiger partial charge on any atom is 0.269 e. The molecule has 0 unspecified atom stereocenters. The van der Waals surface area contributed by atoms with Crippen LogP contribution in [-0.4, -0.2) is 10.8 Å². The maximum atomic E-state index is 12.8. The largest absolute Gasteiger partial charge is 0.488 e. The zero-order valence-corrected chi connectivity index (χ0v) is 18.5. The Bertz CT molecular complexity index is 1260. The molecule has 8 heteroatoms. The molecule has 3 aromatic rings. The van der Waals surface area contributed by atoms with E-state index in [1.54, 1.807) is 42.5 Å². The van der Waals surface area contributed by atoms with Crippen LogP contribution in [0.25, 0.3) is 6.08 Å². The van der Waals surface area contributed by atoms with E-state index in [9.17, 15) is 20.2 Å². The van der Waals surface area contributed by atoms with Gasteiger partial charge in [-0.3, -0.25) is 14.9 Å². The van der Waals surface area contributed by atoms with Gasteiger partial charge in [0.1, 0.15) is 24.0 Å². The van der Waals surface area contributed by atoms with Gasteiger partial charge in [-0.05, 0) is 47.9 Å². The number of halogens is 1. The fourth-order valence-corrected chi connectivity index (χ4v) is 3.31. The van der Waals surface area contributed by atoms with Gasteiger partial charge >= 0.3 is 0 Å². The van der Waals surface area contributed by atoms with Crippen LogP contribution in [0, 0.1) is 21.4 Å². The van der Waals surface area contributed by atoms with Crippen LogP contribution in [-0.2, 0) is 17.8 Å². The second-order valence-electron chi connectivity index (χ2n) is 7.03. The first-order valence-electron chi connectivity index (χ1n) is 10.1. The van der Waals surface area contributed by atoms with Crippen LogP contribution in [0.1, 0.15) is 23.6 Å². The van der Waals surface area contributed by atoms with Crippen LogP contribution in [0.5, 0.6) is 5.75 Å². The summed E-state index contributed by atoms with van der Waals surface area (Å²) in [6.07, 6.45) is 2.13. The van der Waals surface area contributed by atoms with Crippen molar-refractivity contribution in [3.63, 3.8) is 0 Å². The monoisotopic (exact) mass is 461 g/mol. The molecule has 7 nitrogen and oxygen atoms in total. The summed E-state index contributed by atoms with van der Waals surface area (Å²) in [6.45, 7) is 2.03. The lowest BCUT2D eigenvalue weighted by atomic mass is 10.1. The minimum atomic E-state index is -0.553. The number of anilines is 1. The molecular formula is C25H20ClN3O4. The first-order valence-corrected chi connectivity index (χ1v) is 10.5. The number of hydrogen-bond acceptors (Lipinski definition) is 5. The predicted octanol–water partition coefficient (Wildman–Crippen LogP) is 5.94. The molecule has 3 rings (SSSR count). The number of rotatable bonds is 8. The van der Waals surface area contributed by atoms with E-state index in [4.69, 9.17) is 16.3 Å². The Morgan fingerprint density at radius 3 is 2.70 bits per heavy atom. The quantitative estimate of drug-likeness (QED) is 0.193. The van der Waals surface area contributed by atoms with E-state index in [-0.39, 0.29) is 17.9 Å². The number of amides is 1. The first kappa shape index (κ1) is 23.5. The molecule has 0 saturated heterocycles. The molecule has 1 N–H and O–H groups in total. The number of benzene rings is 3. The van der Waals surface area contributed by atoms with Crippen LogP contribution < -0.4 is 10.1 Å². The summed E-state index contributed by atoms with van der Waals surface area (Å²) in [4.78, 5) is 23.3. The SMILES string of the molecule is CCc1ccccc1NC(=O)/C(C#N)=C/c1cc(Cl)ccc1OCc1cccc([N+](=O)[O-])c1. The number of nitrogens with zero attached hydrogens (tertiary/aromatic N) is 2. The Morgan fingerprint density at radius 2 is 1.97 bits per heavy atom. The van der Waals surface area contributed by atoms with Crippen molar-refractivity contribution in [3.05, 3.63) is 104 Å². The topological polar surface area (TPSA) is 105 Å². The van der Waals surface area contributed by atoms with Crippen molar-refractivity contribution in [3.8, 4) is 11.8 Å². The summed E-state index contributed by atoms with van der Waals surface area (Å²) in [5.41, 5.74) is 2.46. The second kappa shape index (κ2) is 10.9. The van der Waals surface area contributed by atoms with Crippen LogP contribution in [0.4, 0.5) is 11.4 Å². The van der Waals surface area contributed by atoms with Crippen molar-refractivity contribution < 1.29 is 14.5 Å². The number of carbonyl (C=O) groups is 1. The number of para-hydroxylation sites is 1. The number of ether oxygens (including phenoxy) is 1. The highest BCUT2D eigenvalue weighted by Crippen LogP contribution is 2.27. The van der Waals surface area contributed by atoms with Crippen molar-refractivity contribution in [2.24, 2.45) is 0 Å². The highest BCUT2D eigenvalue weighted by Gasteiger charge is 2.14. The van der Waals surface area contributed by atoms with Crippen molar-refractivity contribution in [1.82, 2.24) is 0 Å². The number of aryl methyl sites for hydroxylation is 1. The molecule has 0 spiro atoms. The number of non-ortho nitro benzene ring substituents is 1. The average Bonchev–Trinajstić information content (AvgIpc) is 2.82. The van der Waals surface area contributed by atoms with E-state index in [2.05, 4.69) is 5.32 Å². The third kappa shape index (κ3) is 6.19. The van der Waals surface area contributed by atoms with Gasteiger partial charge in [0.15, 0.2) is 0 Å². The summed E-state index contributed by atoms with van der Waals surface area (Å²) in [6, 6.07) is 20.2. The molecule has 1 amide bonds. The lowest BCUT2D eigenvalue weighted by Crippen LogP contribution is -2.14. The Kier molecular flexibility index (Phi) is 7.79. The van der Waals surface area contributed by atoms with E-state index in [1.807, 2.05) is 25.1 Å². The molecule has 0 aromatic heterocycles. The fourth-order valence-electron chi connectivity index (χ4n) is 3.13. The normalized spacial score (nSPS) is 10.9. The van der Waals surface area contributed by atoms with E-state index < -0.39 is 10.8 Å². The standard InChI is InChI=1S/C25H20ClN3O4/c1-2-18-7-3-4-9-23(18)28-25(30)20(15-27)13-19-14-21(26)10-11-24(19)33-16-17-6-5-8-22(12-17)29(31)32/h3-14H,2,16H2,1H3,(H,28,30)/b20-13+. The van der Waals surface area contributed by atoms with Gasteiger partial charge in [-0.2, -0.15) is 5.26 Å². The van der Waals surface area contributed by atoms with Crippen molar-refractivity contribution in [1.29, 1.82) is 5.26 Å². The minimum Gasteiger partial charge on any atom is -0.488 e. The van der Waals surface area contributed by atoms with E-state index in [0.29, 0.717) is 27.6 Å². The Balaban J connectivity index is 1.84. The molecule has 0 aliphatic rings. The van der Waals surface area contributed by atoms with Crippen LogP contribution in [0.3, 0.4) is 0 Å². The van der Waals surface area contributed by atoms with Gasteiger partial charge in [-0.25, -0.2) is 0 Å². The van der Waals surface area contributed by atoms with Gasteiger partial charge in [-0.15, -0.1) is 0 Å². The van der Waals surface area contributed by atoms with Crippen molar-refractivity contribution in [2.75, 3.05) is 5.32 Å². The third-order valence-electron chi connectivity index (χ3n) is 4.80. The molecule has 0 bridgehead atoms. The summed E-state index contributed by atoms with van der Waals surface area (Å²) < 4.78 is 5.83. The van der Waals surface area contributed by atoms with E-state index in [0.717, 1.165) is 12.0 Å². The molecule has 0 fully saturated rings. The highest BCUT2D eigenvalue weighted by molar-refractivity contribution is 6.30. The summed E-state index contributed by atoms with van der Waals surface area (Å²) in [5.74, 6) is -0.177. The van der Waals surface area contributed by atoms with Gasteiger partial charge in [0, 0.05) is 28.4 Å². The minimum absolute atomic E-state index is 0.0388. The van der Waals surface area contributed by atoms with Gasteiger partial charge in [0.25, 0.3) is 11.6 Å². The Hall–Kier alpha value is -4.15. The molecule has 0 radical (unpaired) electrons. The fraction of sp³-hybridized carbons (Fsp3) is 0.120. The van der Waals surface area contributed by atoms with Gasteiger partial charge in [-0.1, -0.05) is 48.9 Å². The van der Waals surface area contributed by atoms with Gasteiger partial charge < -0.3 is 10.1 Å². The number of nitriles is 1. The molecule has 0 heterocycles. The number of carbonyl (C=O) groups excluding carboxylic acids is 1. The zero-order chi connectivity index (χ0) is 23.8.